The van der Waals surface area contributed by atoms with Gasteiger partial charge in [-0.15, -0.1) is 22.7 Å². The Labute approximate surface area is 149 Å². The van der Waals surface area contributed by atoms with Gasteiger partial charge in [-0.3, -0.25) is 9.69 Å². The van der Waals surface area contributed by atoms with Crippen LogP contribution in [0.5, 0.6) is 0 Å². The maximum absolute atomic E-state index is 12.8. The second-order valence-corrected chi connectivity index (χ2v) is 7.99. The fourth-order valence-electron chi connectivity index (χ4n) is 3.39. The molecule has 4 rings (SSSR count). The van der Waals surface area contributed by atoms with Crippen LogP contribution in [-0.4, -0.2) is 59.6 Å². The topological polar surface area (TPSA) is 45.7 Å². The molecule has 0 N–H and O–H groups in total. The van der Waals surface area contributed by atoms with E-state index >= 15 is 0 Å². The molecule has 2 aliphatic rings. The number of thiophene rings is 1. The number of carbonyl (C=O) groups is 1. The molecule has 2 aromatic heterocycles. The lowest BCUT2D eigenvalue weighted by atomic mass is 10.2. The van der Waals surface area contributed by atoms with Gasteiger partial charge in [0.2, 0.25) is 5.91 Å². The third kappa shape index (κ3) is 3.39. The summed E-state index contributed by atoms with van der Waals surface area (Å²) >= 11 is 3.41. The van der Waals surface area contributed by atoms with Crippen LogP contribution < -0.4 is 0 Å². The molecule has 128 valence electrons. The smallest absolute Gasteiger partial charge is 0.240 e. The van der Waals surface area contributed by atoms with Gasteiger partial charge in [0, 0.05) is 25.0 Å². The summed E-state index contributed by atoms with van der Waals surface area (Å²) in [6.45, 7) is 4.52. The molecule has 0 saturated carbocycles. The Bertz CT molecular complexity index is 680. The third-order valence-corrected chi connectivity index (χ3v) is 6.55. The number of ether oxygens (including phenoxy) is 1. The first kappa shape index (κ1) is 16.2. The van der Waals surface area contributed by atoms with Gasteiger partial charge in [-0.25, -0.2) is 4.98 Å². The second-order valence-electron chi connectivity index (χ2n) is 6.19. The van der Waals surface area contributed by atoms with Crippen molar-refractivity contribution >= 4 is 28.6 Å². The summed E-state index contributed by atoms with van der Waals surface area (Å²) in [5.74, 6) is 0.268. The van der Waals surface area contributed by atoms with Crippen LogP contribution in [0.25, 0.3) is 9.88 Å². The molecule has 24 heavy (non-hydrogen) atoms. The number of carbonyl (C=O) groups excluding carboxylic acids is 1. The van der Waals surface area contributed by atoms with Crippen LogP contribution in [0.3, 0.4) is 0 Å². The van der Waals surface area contributed by atoms with Crippen molar-refractivity contribution < 1.29 is 9.53 Å². The first-order valence-electron chi connectivity index (χ1n) is 8.40. The fraction of sp³-hybridized carbons (Fsp3) is 0.529. The molecule has 0 aromatic carbocycles. The number of hydrogen-bond acceptors (Lipinski definition) is 6. The van der Waals surface area contributed by atoms with Crippen LogP contribution in [0.2, 0.25) is 0 Å². The predicted octanol–water partition coefficient (Wildman–Crippen LogP) is 2.69. The standard InChI is InChI=1S/C17H21N3O2S2/c21-17(19-6-8-22-9-7-19)14-3-1-5-20(14)11-13-12-24-16(18-13)15-4-2-10-23-15/h2,4,10,12,14H,1,3,5-9,11H2. The van der Waals surface area contributed by atoms with Crippen molar-refractivity contribution in [2.45, 2.75) is 25.4 Å². The summed E-state index contributed by atoms with van der Waals surface area (Å²) < 4.78 is 5.36. The van der Waals surface area contributed by atoms with Gasteiger partial charge in [-0.05, 0) is 30.8 Å². The maximum Gasteiger partial charge on any atom is 0.240 e. The van der Waals surface area contributed by atoms with Crippen molar-refractivity contribution in [2.24, 2.45) is 0 Å². The van der Waals surface area contributed by atoms with E-state index in [-0.39, 0.29) is 11.9 Å². The number of amides is 1. The molecule has 0 spiro atoms. The van der Waals surface area contributed by atoms with E-state index in [1.807, 2.05) is 4.90 Å². The van der Waals surface area contributed by atoms with Crippen molar-refractivity contribution in [1.82, 2.24) is 14.8 Å². The lowest BCUT2D eigenvalue weighted by Crippen LogP contribution is -2.49. The van der Waals surface area contributed by atoms with Gasteiger partial charge in [0.25, 0.3) is 0 Å². The SMILES string of the molecule is O=C(C1CCCN1Cc1csc(-c2cccs2)n1)N1CCOCC1. The van der Waals surface area contributed by atoms with Gasteiger partial charge >= 0.3 is 0 Å². The van der Waals surface area contributed by atoms with Crippen molar-refractivity contribution in [3.8, 4) is 9.88 Å². The lowest BCUT2D eigenvalue weighted by Gasteiger charge is -2.32. The highest BCUT2D eigenvalue weighted by atomic mass is 32.1. The molecule has 7 heteroatoms. The van der Waals surface area contributed by atoms with E-state index in [1.54, 1.807) is 22.7 Å². The van der Waals surface area contributed by atoms with Gasteiger partial charge in [0.1, 0.15) is 5.01 Å². The lowest BCUT2D eigenvalue weighted by molar-refractivity contribution is -0.140. The van der Waals surface area contributed by atoms with Crippen molar-refractivity contribution in [1.29, 1.82) is 0 Å². The Kier molecular flexibility index (Phi) is 4.93. The molecule has 1 amide bonds. The molecule has 0 radical (unpaired) electrons. The molecule has 0 aliphatic carbocycles. The van der Waals surface area contributed by atoms with Gasteiger partial charge in [0.15, 0.2) is 0 Å². The van der Waals surface area contributed by atoms with Crippen molar-refractivity contribution in [3.63, 3.8) is 0 Å². The van der Waals surface area contributed by atoms with Crippen molar-refractivity contribution in [2.75, 3.05) is 32.8 Å². The van der Waals surface area contributed by atoms with Gasteiger partial charge in [-0.2, -0.15) is 0 Å². The summed E-state index contributed by atoms with van der Waals surface area (Å²) in [6.07, 6.45) is 2.04. The quantitative estimate of drug-likeness (QED) is 0.838. The summed E-state index contributed by atoms with van der Waals surface area (Å²) in [5.41, 5.74) is 1.07. The molecule has 0 bridgehead atoms. The van der Waals surface area contributed by atoms with E-state index in [4.69, 9.17) is 9.72 Å². The molecular formula is C17H21N3O2S2. The highest BCUT2D eigenvalue weighted by molar-refractivity contribution is 7.20. The third-order valence-electron chi connectivity index (χ3n) is 4.62. The first-order chi connectivity index (χ1) is 11.8. The molecular weight excluding hydrogens is 342 g/mol. The van der Waals surface area contributed by atoms with Crippen LogP contribution in [-0.2, 0) is 16.1 Å². The monoisotopic (exact) mass is 363 g/mol. The van der Waals surface area contributed by atoms with E-state index < -0.39 is 0 Å². The molecule has 5 nitrogen and oxygen atoms in total. The zero-order valence-corrected chi connectivity index (χ0v) is 15.2. The Morgan fingerprint density at radius 1 is 1.29 bits per heavy atom. The molecule has 1 unspecified atom stereocenters. The summed E-state index contributed by atoms with van der Waals surface area (Å²) in [7, 11) is 0. The zero-order chi connectivity index (χ0) is 16.4. The molecule has 2 saturated heterocycles. The maximum atomic E-state index is 12.8. The van der Waals surface area contributed by atoms with Crippen molar-refractivity contribution in [3.05, 3.63) is 28.6 Å². The molecule has 2 fully saturated rings. The minimum atomic E-state index is 0.00925. The van der Waals surface area contributed by atoms with E-state index in [9.17, 15) is 4.79 Å². The number of thiazole rings is 1. The summed E-state index contributed by atoms with van der Waals surface area (Å²) in [6, 6.07) is 4.17. The Hall–Kier alpha value is -1.28. The van der Waals surface area contributed by atoms with Crippen LogP contribution in [0.15, 0.2) is 22.9 Å². The number of hydrogen-bond donors (Lipinski definition) is 0. The van der Waals surface area contributed by atoms with Crippen LogP contribution >= 0.6 is 22.7 Å². The molecule has 2 aromatic rings. The number of likely N-dealkylation sites (tertiary alicyclic amines) is 1. The Balaban J connectivity index is 1.42. The second kappa shape index (κ2) is 7.31. The molecule has 4 heterocycles. The van der Waals surface area contributed by atoms with Crippen LogP contribution in [0.4, 0.5) is 0 Å². The fourth-order valence-corrected chi connectivity index (χ4v) is 5.02. The van der Waals surface area contributed by atoms with Gasteiger partial charge in [-0.1, -0.05) is 6.07 Å². The highest BCUT2D eigenvalue weighted by Crippen LogP contribution is 2.29. The zero-order valence-electron chi connectivity index (χ0n) is 13.5. The minimum absolute atomic E-state index is 0.00925. The summed E-state index contributed by atoms with van der Waals surface area (Å²) in [5, 5.41) is 5.28. The molecule has 1 atom stereocenters. The van der Waals surface area contributed by atoms with E-state index in [1.165, 1.54) is 4.88 Å². The highest BCUT2D eigenvalue weighted by Gasteiger charge is 2.34. The van der Waals surface area contributed by atoms with Gasteiger partial charge in [0.05, 0.1) is 29.8 Å². The largest absolute Gasteiger partial charge is 0.378 e. The average molecular weight is 364 g/mol. The summed E-state index contributed by atoms with van der Waals surface area (Å²) in [4.78, 5) is 23.0. The number of morpholine rings is 1. The predicted molar refractivity (Wildman–Crippen MR) is 96.3 cm³/mol. The van der Waals surface area contributed by atoms with Gasteiger partial charge < -0.3 is 9.64 Å². The van der Waals surface area contributed by atoms with E-state index in [2.05, 4.69) is 27.8 Å². The van der Waals surface area contributed by atoms with E-state index in [0.717, 1.165) is 49.7 Å². The normalized spacial score (nSPS) is 22.2. The first-order valence-corrected chi connectivity index (χ1v) is 10.2. The number of rotatable bonds is 4. The number of nitrogens with zero attached hydrogens (tertiary/aromatic N) is 3. The Morgan fingerprint density at radius 3 is 2.96 bits per heavy atom. The molecule has 2 aliphatic heterocycles. The minimum Gasteiger partial charge on any atom is -0.378 e. The van der Waals surface area contributed by atoms with Crippen LogP contribution in [0, 0.1) is 0 Å². The Morgan fingerprint density at radius 2 is 2.17 bits per heavy atom. The number of aromatic nitrogens is 1. The van der Waals surface area contributed by atoms with Crippen LogP contribution in [0.1, 0.15) is 18.5 Å². The average Bonchev–Trinajstić information content (AvgIpc) is 3.37. The van der Waals surface area contributed by atoms with E-state index in [0.29, 0.717) is 13.2 Å².